The molecule has 0 spiro atoms. The molecule has 0 aromatic heterocycles. The normalized spacial score (nSPS) is 13.4. The Morgan fingerprint density at radius 3 is 2.45 bits per heavy atom. The van der Waals surface area contributed by atoms with Crippen LogP contribution in [0.5, 0.6) is 0 Å². The maximum absolute atomic E-state index is 11.2. The highest BCUT2D eigenvalue weighted by atomic mass is 35.5. The Morgan fingerprint density at radius 2 is 1.79 bits per heavy atom. The fourth-order valence-corrected chi connectivity index (χ4v) is 4.62. The van der Waals surface area contributed by atoms with Crippen molar-refractivity contribution in [2.45, 2.75) is 65.3 Å². The van der Waals surface area contributed by atoms with E-state index in [9.17, 15) is 4.91 Å². The molecule has 4 heteroatoms. The molecule has 0 saturated heterocycles. The third kappa shape index (κ3) is 8.92. The van der Waals surface area contributed by atoms with Crippen LogP contribution in [0.1, 0.15) is 68.7 Å². The topological polar surface area (TPSA) is 41.8 Å². The Bertz CT molecular complexity index is 1230. The lowest BCUT2D eigenvalue weighted by Gasteiger charge is -2.20. The van der Waals surface area contributed by atoms with Crippen molar-refractivity contribution in [3.8, 4) is 0 Å². The van der Waals surface area contributed by atoms with Gasteiger partial charge in [0, 0.05) is 10.6 Å². The number of nitroso groups, excluding NO2 is 1. The number of hydrogen-bond donors (Lipinski definition) is 0. The summed E-state index contributed by atoms with van der Waals surface area (Å²) in [6.07, 6.45) is 17.4. The molecule has 2 aromatic carbocycles. The van der Waals surface area contributed by atoms with Gasteiger partial charge >= 0.3 is 0 Å². The SMILES string of the molecule is C=C/C(CCCCCc1cccc(/C=C/C(C)/C=C\c2ccc(Cl)c(C)c2N=C)c1)=C(\C=C)C(C)(C)N=O. The van der Waals surface area contributed by atoms with Crippen LogP contribution in [0.15, 0.2) is 95.2 Å². The van der Waals surface area contributed by atoms with E-state index in [0.717, 1.165) is 60.1 Å². The largest absolute Gasteiger partial charge is 0.264 e. The van der Waals surface area contributed by atoms with Gasteiger partial charge in [-0.25, -0.2) is 0 Å². The molecule has 2 rings (SSSR count). The minimum atomic E-state index is -0.785. The van der Waals surface area contributed by atoms with Gasteiger partial charge in [-0.05, 0) is 93.0 Å². The van der Waals surface area contributed by atoms with E-state index in [1.165, 1.54) is 11.1 Å². The quantitative estimate of drug-likeness (QED) is 0.0980. The molecule has 0 saturated carbocycles. The minimum Gasteiger partial charge on any atom is -0.264 e. The van der Waals surface area contributed by atoms with Gasteiger partial charge in [0.1, 0.15) is 5.54 Å². The van der Waals surface area contributed by atoms with Crippen molar-refractivity contribution < 1.29 is 0 Å². The number of benzene rings is 2. The van der Waals surface area contributed by atoms with Crippen molar-refractivity contribution in [2.24, 2.45) is 16.1 Å². The summed E-state index contributed by atoms with van der Waals surface area (Å²) in [5, 5.41) is 3.97. The van der Waals surface area contributed by atoms with Crippen molar-refractivity contribution in [2.75, 3.05) is 0 Å². The van der Waals surface area contributed by atoms with E-state index in [4.69, 9.17) is 11.6 Å². The van der Waals surface area contributed by atoms with Crippen LogP contribution in [-0.2, 0) is 6.42 Å². The highest BCUT2D eigenvalue weighted by Gasteiger charge is 2.24. The van der Waals surface area contributed by atoms with E-state index in [1.807, 2.05) is 39.0 Å². The lowest BCUT2D eigenvalue weighted by atomic mass is 9.88. The predicted octanol–water partition coefficient (Wildman–Crippen LogP) is 10.7. The molecular weight excluding hydrogens is 488 g/mol. The molecule has 0 aliphatic heterocycles. The standard InChI is InChI=1S/C34H41ClN2O/c1-8-29(31(9-2)34(5,6)37-38)17-12-10-11-14-27-15-13-16-28(24-27)20-18-25(3)19-21-30-22-23-32(35)26(4)33(30)36-7/h8-9,13,15-16,18-25H,1-2,7,10-12,14,17H2,3-6H3/b20-18+,21-19-,31-29-. The highest BCUT2D eigenvalue weighted by molar-refractivity contribution is 6.31. The molecular formula is C34H41ClN2O. The van der Waals surface area contributed by atoms with Crippen LogP contribution in [-0.4, -0.2) is 12.3 Å². The van der Waals surface area contributed by atoms with E-state index in [-0.39, 0.29) is 5.92 Å². The molecule has 0 aliphatic carbocycles. The number of unbranched alkanes of at least 4 members (excludes halogenated alkanes) is 2. The van der Waals surface area contributed by atoms with Gasteiger partial charge in [0.2, 0.25) is 0 Å². The smallest absolute Gasteiger partial charge is 0.122 e. The molecule has 1 atom stereocenters. The third-order valence-electron chi connectivity index (χ3n) is 6.77. The summed E-state index contributed by atoms with van der Waals surface area (Å²) < 4.78 is 0. The molecule has 0 heterocycles. The first-order valence-corrected chi connectivity index (χ1v) is 13.6. The summed E-state index contributed by atoms with van der Waals surface area (Å²) in [7, 11) is 0. The third-order valence-corrected chi connectivity index (χ3v) is 7.18. The van der Waals surface area contributed by atoms with Crippen molar-refractivity contribution >= 4 is 36.2 Å². The van der Waals surface area contributed by atoms with Gasteiger partial charge < -0.3 is 0 Å². The maximum Gasteiger partial charge on any atom is 0.122 e. The van der Waals surface area contributed by atoms with Crippen LogP contribution in [0.2, 0.25) is 5.02 Å². The van der Waals surface area contributed by atoms with Crippen LogP contribution < -0.4 is 0 Å². The van der Waals surface area contributed by atoms with Gasteiger partial charge in [-0.15, -0.1) is 4.91 Å². The summed E-state index contributed by atoms with van der Waals surface area (Å²) >= 11 is 6.22. The van der Waals surface area contributed by atoms with Gasteiger partial charge in [0.15, 0.2) is 0 Å². The summed E-state index contributed by atoms with van der Waals surface area (Å²) in [5.74, 6) is 0.263. The molecule has 0 radical (unpaired) electrons. The van der Waals surface area contributed by atoms with Gasteiger partial charge in [0.25, 0.3) is 0 Å². The number of allylic oxidation sites excluding steroid dienone is 4. The van der Waals surface area contributed by atoms with E-state index in [2.05, 4.69) is 85.5 Å². The number of hydrogen-bond acceptors (Lipinski definition) is 3. The molecule has 38 heavy (non-hydrogen) atoms. The van der Waals surface area contributed by atoms with Crippen LogP contribution >= 0.6 is 11.6 Å². The monoisotopic (exact) mass is 528 g/mol. The molecule has 0 N–H and O–H groups in total. The molecule has 3 nitrogen and oxygen atoms in total. The minimum absolute atomic E-state index is 0.263. The summed E-state index contributed by atoms with van der Waals surface area (Å²) in [6, 6.07) is 12.6. The predicted molar refractivity (Wildman–Crippen MR) is 169 cm³/mol. The molecule has 2 aromatic rings. The number of aryl methyl sites for hydroxylation is 1. The zero-order valence-electron chi connectivity index (χ0n) is 23.3. The van der Waals surface area contributed by atoms with Gasteiger partial charge in [0.05, 0.1) is 5.69 Å². The van der Waals surface area contributed by atoms with Gasteiger partial charge in [-0.2, -0.15) is 0 Å². The number of rotatable bonds is 15. The number of nitrogens with zero attached hydrogens (tertiary/aromatic N) is 2. The second-order valence-corrected chi connectivity index (χ2v) is 10.6. The summed E-state index contributed by atoms with van der Waals surface area (Å²) in [5.41, 5.74) is 6.48. The Kier molecular flexibility index (Phi) is 12.4. The zero-order chi connectivity index (χ0) is 28.1. The van der Waals surface area contributed by atoms with Crippen molar-refractivity contribution in [1.29, 1.82) is 0 Å². The van der Waals surface area contributed by atoms with E-state index < -0.39 is 5.54 Å². The maximum atomic E-state index is 11.2. The Morgan fingerprint density at radius 1 is 1.05 bits per heavy atom. The first-order chi connectivity index (χ1) is 18.2. The molecule has 0 bridgehead atoms. The Balaban J connectivity index is 1.92. The second-order valence-electron chi connectivity index (χ2n) is 10.1. The number of aliphatic imine (C=N–C) groups is 1. The first kappa shape index (κ1) is 30.9. The fourth-order valence-electron chi connectivity index (χ4n) is 4.47. The second kappa shape index (κ2) is 15.2. The van der Waals surface area contributed by atoms with Crippen LogP contribution in [0.25, 0.3) is 12.2 Å². The summed E-state index contributed by atoms with van der Waals surface area (Å²) in [4.78, 5) is 15.4. The van der Waals surface area contributed by atoms with Crippen molar-refractivity contribution in [1.82, 2.24) is 0 Å². The fraction of sp³-hybridized carbons (Fsp3) is 0.324. The van der Waals surface area contributed by atoms with Crippen LogP contribution in [0, 0.1) is 17.7 Å². The molecule has 0 fully saturated rings. The van der Waals surface area contributed by atoms with E-state index >= 15 is 0 Å². The van der Waals surface area contributed by atoms with Crippen molar-refractivity contribution in [3.63, 3.8) is 0 Å². The Hall–Kier alpha value is -3.30. The average molecular weight is 529 g/mol. The Labute approximate surface area is 234 Å². The van der Waals surface area contributed by atoms with Gasteiger partial charge in [-0.1, -0.05) is 110 Å². The summed E-state index contributed by atoms with van der Waals surface area (Å²) in [6.45, 7) is 19.3. The molecule has 1 unspecified atom stereocenters. The zero-order valence-corrected chi connectivity index (χ0v) is 24.1. The highest BCUT2D eigenvalue weighted by Crippen LogP contribution is 2.31. The lowest BCUT2D eigenvalue weighted by Crippen LogP contribution is -2.19. The van der Waals surface area contributed by atoms with Crippen LogP contribution in [0.3, 0.4) is 0 Å². The van der Waals surface area contributed by atoms with E-state index in [1.54, 1.807) is 6.08 Å². The van der Waals surface area contributed by atoms with Crippen molar-refractivity contribution in [3.05, 3.63) is 117 Å². The molecule has 200 valence electrons. The van der Waals surface area contributed by atoms with Gasteiger partial charge in [-0.3, -0.25) is 4.99 Å². The lowest BCUT2D eigenvalue weighted by molar-refractivity contribution is 0.608. The molecule has 0 aliphatic rings. The first-order valence-electron chi connectivity index (χ1n) is 13.2. The van der Waals surface area contributed by atoms with Crippen LogP contribution in [0.4, 0.5) is 5.69 Å². The average Bonchev–Trinajstić information content (AvgIpc) is 2.91. The van der Waals surface area contributed by atoms with E-state index in [0.29, 0.717) is 5.02 Å². The molecule has 0 amide bonds. The number of halogens is 1.